The van der Waals surface area contributed by atoms with Crippen LogP contribution in [0.4, 0.5) is 11.5 Å². The number of rotatable bonds is 4. The summed E-state index contributed by atoms with van der Waals surface area (Å²) >= 11 is 0. The van der Waals surface area contributed by atoms with Gasteiger partial charge in [0.05, 0.1) is 24.1 Å². The summed E-state index contributed by atoms with van der Waals surface area (Å²) in [6, 6.07) is 12.0. The molecular formula is C27H28N6O2. The second-order valence-electron chi connectivity index (χ2n) is 9.25. The highest BCUT2D eigenvalue weighted by Gasteiger charge is 2.17. The molecule has 178 valence electrons. The summed E-state index contributed by atoms with van der Waals surface area (Å²) in [5.74, 6) is 1.69. The Hall–Kier alpha value is -3.91. The van der Waals surface area contributed by atoms with Crippen LogP contribution in [0.1, 0.15) is 22.3 Å². The van der Waals surface area contributed by atoms with Gasteiger partial charge in [0.1, 0.15) is 17.2 Å². The Morgan fingerprint density at radius 3 is 2.77 bits per heavy atom. The quantitative estimate of drug-likeness (QED) is 0.472. The Labute approximate surface area is 203 Å². The van der Waals surface area contributed by atoms with Crippen molar-refractivity contribution in [3.63, 3.8) is 0 Å². The molecule has 1 aromatic carbocycles. The molecule has 1 fully saturated rings. The summed E-state index contributed by atoms with van der Waals surface area (Å²) in [6.07, 6.45) is 7.31. The largest absolute Gasteiger partial charge is 0.493 e. The van der Waals surface area contributed by atoms with Gasteiger partial charge in [0.25, 0.3) is 5.91 Å². The molecule has 1 amide bonds. The van der Waals surface area contributed by atoms with E-state index in [4.69, 9.17) is 4.74 Å². The summed E-state index contributed by atoms with van der Waals surface area (Å²) in [4.78, 5) is 29.9. The van der Waals surface area contributed by atoms with Crippen LogP contribution in [0.15, 0.2) is 55.0 Å². The van der Waals surface area contributed by atoms with Gasteiger partial charge in [0, 0.05) is 49.5 Å². The molecule has 2 aliphatic heterocycles. The lowest BCUT2D eigenvalue weighted by molar-refractivity contribution is 0.102. The minimum atomic E-state index is -0.209. The number of piperazine rings is 1. The monoisotopic (exact) mass is 468 g/mol. The maximum absolute atomic E-state index is 13.0. The molecule has 5 heterocycles. The van der Waals surface area contributed by atoms with Gasteiger partial charge in [-0.2, -0.15) is 0 Å². The number of aryl methyl sites for hydroxylation is 1. The van der Waals surface area contributed by atoms with E-state index in [1.807, 2.05) is 30.5 Å². The number of anilines is 2. The first kappa shape index (κ1) is 21.6. The highest BCUT2D eigenvalue weighted by molar-refractivity contribution is 6.07. The third kappa shape index (κ3) is 4.33. The zero-order chi connectivity index (χ0) is 23.8. The van der Waals surface area contributed by atoms with Gasteiger partial charge < -0.3 is 24.8 Å². The number of fused-ring (bicyclic) bond motifs is 2. The summed E-state index contributed by atoms with van der Waals surface area (Å²) < 4.78 is 5.75. The summed E-state index contributed by atoms with van der Waals surface area (Å²) in [6.45, 7) is 4.73. The van der Waals surface area contributed by atoms with E-state index in [2.05, 4.69) is 49.2 Å². The molecule has 3 aromatic heterocycles. The summed E-state index contributed by atoms with van der Waals surface area (Å²) in [5, 5.41) is 3.87. The number of H-pyrrole nitrogens is 1. The second-order valence-corrected chi connectivity index (χ2v) is 9.25. The average molecular weight is 469 g/mol. The molecule has 0 atom stereocenters. The predicted molar refractivity (Wildman–Crippen MR) is 137 cm³/mol. The molecule has 0 spiro atoms. The van der Waals surface area contributed by atoms with Crippen LogP contribution in [0.5, 0.6) is 5.75 Å². The number of aromatic nitrogens is 3. The van der Waals surface area contributed by atoms with Crippen LogP contribution in [0.25, 0.3) is 22.2 Å². The first-order chi connectivity index (χ1) is 17.1. The van der Waals surface area contributed by atoms with Crippen LogP contribution in [0, 0.1) is 0 Å². The molecule has 6 rings (SSSR count). The number of benzene rings is 1. The van der Waals surface area contributed by atoms with E-state index < -0.39 is 0 Å². The van der Waals surface area contributed by atoms with E-state index in [9.17, 15) is 4.79 Å². The Morgan fingerprint density at radius 1 is 1.06 bits per heavy atom. The molecule has 1 saturated heterocycles. The number of hydrogen-bond acceptors (Lipinski definition) is 6. The van der Waals surface area contributed by atoms with E-state index in [0.29, 0.717) is 11.3 Å². The van der Waals surface area contributed by atoms with Crippen LogP contribution in [-0.4, -0.2) is 65.6 Å². The maximum Gasteiger partial charge on any atom is 0.257 e. The average Bonchev–Trinajstić information content (AvgIpc) is 3.33. The van der Waals surface area contributed by atoms with Crippen molar-refractivity contribution in [3.8, 4) is 16.9 Å². The molecule has 0 aliphatic carbocycles. The van der Waals surface area contributed by atoms with Gasteiger partial charge in [-0.05, 0) is 61.3 Å². The van der Waals surface area contributed by atoms with E-state index in [-0.39, 0.29) is 5.91 Å². The van der Waals surface area contributed by atoms with Crippen molar-refractivity contribution in [2.75, 3.05) is 50.1 Å². The molecule has 0 radical (unpaired) electrons. The number of nitrogens with zero attached hydrogens (tertiary/aromatic N) is 4. The van der Waals surface area contributed by atoms with Gasteiger partial charge in [-0.25, -0.2) is 9.97 Å². The number of likely N-dealkylation sites (N-methyl/N-ethyl adjacent to an activating group) is 1. The van der Waals surface area contributed by atoms with Crippen molar-refractivity contribution >= 4 is 28.4 Å². The standard InChI is InChI=1S/C27H28N6O2/c1-32-8-10-33(11-9-32)25-7-5-21(16-28-25)31-27(34)20-14-22-23(17-30-26(22)29-15-20)18-4-6-24-19(13-18)3-2-12-35-24/h4-7,13-17H,2-3,8-12H2,1H3,(H,29,30)(H,31,34). The lowest BCUT2D eigenvalue weighted by Crippen LogP contribution is -2.44. The Kier molecular flexibility index (Phi) is 5.58. The number of carbonyl (C=O) groups is 1. The smallest absolute Gasteiger partial charge is 0.257 e. The first-order valence-corrected chi connectivity index (χ1v) is 12.1. The van der Waals surface area contributed by atoms with E-state index in [0.717, 1.165) is 79.4 Å². The maximum atomic E-state index is 13.0. The zero-order valence-electron chi connectivity index (χ0n) is 19.8. The van der Waals surface area contributed by atoms with Gasteiger partial charge in [0.2, 0.25) is 0 Å². The topological polar surface area (TPSA) is 86.4 Å². The first-order valence-electron chi connectivity index (χ1n) is 12.1. The Balaban J connectivity index is 1.21. The summed E-state index contributed by atoms with van der Waals surface area (Å²) in [5.41, 5.74) is 5.25. The van der Waals surface area contributed by atoms with Crippen molar-refractivity contribution in [1.82, 2.24) is 19.9 Å². The van der Waals surface area contributed by atoms with E-state index in [1.165, 1.54) is 5.56 Å². The Morgan fingerprint density at radius 2 is 1.94 bits per heavy atom. The summed E-state index contributed by atoms with van der Waals surface area (Å²) in [7, 11) is 2.13. The molecule has 2 aliphatic rings. The van der Waals surface area contributed by atoms with Gasteiger partial charge in [0.15, 0.2) is 0 Å². The number of carbonyl (C=O) groups excluding carboxylic acids is 1. The number of pyridine rings is 2. The van der Waals surface area contributed by atoms with Crippen molar-refractivity contribution in [2.24, 2.45) is 0 Å². The third-order valence-electron chi connectivity index (χ3n) is 6.85. The van der Waals surface area contributed by atoms with Crippen molar-refractivity contribution in [3.05, 3.63) is 66.1 Å². The fourth-order valence-electron chi connectivity index (χ4n) is 4.78. The number of amides is 1. The number of ether oxygens (including phenoxy) is 1. The van der Waals surface area contributed by atoms with E-state index >= 15 is 0 Å². The fraction of sp³-hybridized carbons (Fsp3) is 0.296. The van der Waals surface area contributed by atoms with Crippen LogP contribution in [0.3, 0.4) is 0 Å². The minimum Gasteiger partial charge on any atom is -0.493 e. The molecule has 8 nitrogen and oxygen atoms in total. The van der Waals surface area contributed by atoms with Crippen molar-refractivity contribution < 1.29 is 9.53 Å². The van der Waals surface area contributed by atoms with Crippen LogP contribution >= 0.6 is 0 Å². The molecule has 8 heteroatoms. The van der Waals surface area contributed by atoms with Crippen molar-refractivity contribution in [2.45, 2.75) is 12.8 Å². The number of aromatic amines is 1. The fourth-order valence-corrected chi connectivity index (χ4v) is 4.78. The van der Waals surface area contributed by atoms with Gasteiger partial charge in [-0.15, -0.1) is 0 Å². The molecule has 0 saturated carbocycles. The molecule has 0 unspecified atom stereocenters. The van der Waals surface area contributed by atoms with Crippen LogP contribution in [-0.2, 0) is 6.42 Å². The molecule has 4 aromatic rings. The highest BCUT2D eigenvalue weighted by Crippen LogP contribution is 2.33. The SMILES string of the molecule is CN1CCN(c2ccc(NC(=O)c3cnc4[nH]cc(-c5ccc6c(c5)CCCO6)c4c3)cn2)CC1. The number of nitrogens with one attached hydrogen (secondary N) is 2. The molecule has 2 N–H and O–H groups in total. The van der Waals surface area contributed by atoms with Gasteiger partial charge >= 0.3 is 0 Å². The zero-order valence-corrected chi connectivity index (χ0v) is 19.8. The normalized spacial score (nSPS) is 16.1. The lowest BCUT2D eigenvalue weighted by atomic mass is 9.98. The second kappa shape index (κ2) is 9.03. The lowest BCUT2D eigenvalue weighted by Gasteiger charge is -2.33. The Bertz CT molecular complexity index is 1370. The molecular weight excluding hydrogens is 440 g/mol. The van der Waals surface area contributed by atoms with Gasteiger partial charge in [-0.1, -0.05) is 6.07 Å². The van der Waals surface area contributed by atoms with Gasteiger partial charge in [-0.3, -0.25) is 4.79 Å². The highest BCUT2D eigenvalue weighted by atomic mass is 16.5. The number of hydrogen-bond donors (Lipinski definition) is 2. The van der Waals surface area contributed by atoms with Crippen molar-refractivity contribution in [1.29, 1.82) is 0 Å². The van der Waals surface area contributed by atoms with E-state index in [1.54, 1.807) is 12.4 Å². The third-order valence-corrected chi connectivity index (χ3v) is 6.85. The predicted octanol–water partition coefficient (Wildman–Crippen LogP) is 3.95. The van der Waals surface area contributed by atoms with Crippen LogP contribution in [0.2, 0.25) is 0 Å². The minimum absolute atomic E-state index is 0.209. The molecule has 35 heavy (non-hydrogen) atoms. The van der Waals surface area contributed by atoms with Crippen LogP contribution < -0.4 is 15.0 Å². The molecule has 0 bridgehead atoms.